The molecule has 0 unspecified atom stereocenters. The molecule has 3 nitrogen and oxygen atoms in total. The van der Waals surface area contributed by atoms with Crippen molar-refractivity contribution in [2.24, 2.45) is 0 Å². The normalized spacial score (nSPS) is 19.4. The Bertz CT molecular complexity index is 334. The summed E-state index contributed by atoms with van der Waals surface area (Å²) in [7, 11) is 0. The monoisotopic (exact) mass is 194 g/mol. The van der Waals surface area contributed by atoms with Crippen LogP contribution in [0.1, 0.15) is 33.6 Å². The molecule has 14 heavy (non-hydrogen) atoms. The second-order valence-corrected chi connectivity index (χ2v) is 3.33. The Balaban J connectivity index is 2.98. The van der Waals surface area contributed by atoms with Crippen LogP contribution >= 0.6 is 0 Å². The van der Waals surface area contributed by atoms with Crippen molar-refractivity contribution in [3.05, 3.63) is 23.0 Å². The number of allylic oxidation sites excluding steroid dienone is 3. The lowest BCUT2D eigenvalue weighted by Gasteiger charge is -2.04. The third-order valence-electron chi connectivity index (χ3n) is 2.01. The van der Waals surface area contributed by atoms with Gasteiger partial charge < -0.3 is 4.74 Å². The Hall–Kier alpha value is -1.38. The van der Waals surface area contributed by atoms with Crippen molar-refractivity contribution in [1.29, 1.82) is 0 Å². The Morgan fingerprint density at radius 3 is 2.71 bits per heavy atom. The van der Waals surface area contributed by atoms with Crippen molar-refractivity contribution in [1.82, 2.24) is 0 Å². The minimum atomic E-state index is -0.379. The van der Waals surface area contributed by atoms with Gasteiger partial charge in [0.1, 0.15) is 5.76 Å². The van der Waals surface area contributed by atoms with E-state index in [1.54, 1.807) is 6.08 Å². The van der Waals surface area contributed by atoms with Gasteiger partial charge in [-0.1, -0.05) is 13.0 Å². The zero-order chi connectivity index (χ0) is 10.7. The molecule has 0 N–H and O–H groups in total. The number of hydrogen-bond acceptors (Lipinski definition) is 3. The highest BCUT2D eigenvalue weighted by Gasteiger charge is 2.27. The molecular weight excluding hydrogens is 180 g/mol. The maximum Gasteiger partial charge on any atom is 0.308 e. The van der Waals surface area contributed by atoms with E-state index in [4.69, 9.17) is 4.74 Å². The summed E-state index contributed by atoms with van der Waals surface area (Å²) >= 11 is 0. The van der Waals surface area contributed by atoms with Crippen LogP contribution in [-0.4, -0.2) is 11.8 Å². The van der Waals surface area contributed by atoms with Gasteiger partial charge in [-0.2, -0.15) is 0 Å². The molecular formula is C11H14O3. The molecule has 0 aromatic carbocycles. The lowest BCUT2D eigenvalue weighted by molar-refractivity contribution is -0.136. The number of Topliss-reactive ketones (excluding diaryl/α,β-unsaturated/α-hetero) is 1. The van der Waals surface area contributed by atoms with Gasteiger partial charge in [0.05, 0.1) is 5.57 Å². The van der Waals surface area contributed by atoms with E-state index in [-0.39, 0.29) is 11.8 Å². The van der Waals surface area contributed by atoms with E-state index in [9.17, 15) is 9.59 Å². The number of carbonyl (C=O) groups is 2. The lowest BCUT2D eigenvalue weighted by atomic mass is 10.2. The SMILES string of the molecule is CC/C=C1/C(=O)CC(C)=C1OC(C)=O. The fourth-order valence-electron chi connectivity index (χ4n) is 1.47. The van der Waals surface area contributed by atoms with Crippen molar-refractivity contribution < 1.29 is 14.3 Å². The Kier molecular flexibility index (Phi) is 3.23. The molecule has 0 aromatic heterocycles. The molecule has 0 fully saturated rings. The molecule has 0 saturated heterocycles. The number of hydrogen-bond donors (Lipinski definition) is 0. The summed E-state index contributed by atoms with van der Waals surface area (Å²) < 4.78 is 5.01. The molecule has 1 rings (SSSR count). The van der Waals surface area contributed by atoms with Crippen molar-refractivity contribution in [3.8, 4) is 0 Å². The van der Waals surface area contributed by atoms with E-state index >= 15 is 0 Å². The van der Waals surface area contributed by atoms with Crippen LogP contribution in [0, 0.1) is 0 Å². The van der Waals surface area contributed by atoms with E-state index in [0.717, 1.165) is 12.0 Å². The van der Waals surface area contributed by atoms with Crippen LogP contribution < -0.4 is 0 Å². The zero-order valence-electron chi connectivity index (χ0n) is 8.72. The number of ether oxygens (including phenoxy) is 1. The number of rotatable bonds is 2. The first kappa shape index (κ1) is 10.7. The maximum atomic E-state index is 11.5. The van der Waals surface area contributed by atoms with Gasteiger partial charge >= 0.3 is 5.97 Å². The smallest absolute Gasteiger partial charge is 0.308 e. The first-order valence-corrected chi connectivity index (χ1v) is 4.68. The molecule has 1 aliphatic carbocycles. The van der Waals surface area contributed by atoms with Gasteiger partial charge in [-0.15, -0.1) is 0 Å². The molecule has 0 amide bonds. The highest BCUT2D eigenvalue weighted by molar-refractivity contribution is 6.04. The van der Waals surface area contributed by atoms with Crippen LogP contribution in [0.5, 0.6) is 0 Å². The van der Waals surface area contributed by atoms with Crippen molar-refractivity contribution >= 4 is 11.8 Å². The fourth-order valence-corrected chi connectivity index (χ4v) is 1.47. The Morgan fingerprint density at radius 2 is 2.21 bits per heavy atom. The van der Waals surface area contributed by atoms with Gasteiger partial charge in [0.25, 0.3) is 0 Å². The second kappa shape index (κ2) is 4.22. The number of esters is 1. The van der Waals surface area contributed by atoms with E-state index in [1.165, 1.54) is 6.92 Å². The van der Waals surface area contributed by atoms with Crippen LogP contribution in [0.2, 0.25) is 0 Å². The summed E-state index contributed by atoms with van der Waals surface area (Å²) in [6.45, 7) is 5.10. The summed E-state index contributed by atoms with van der Waals surface area (Å²) in [6.07, 6.45) is 2.94. The van der Waals surface area contributed by atoms with Gasteiger partial charge in [0.2, 0.25) is 0 Å². The molecule has 0 aromatic rings. The van der Waals surface area contributed by atoms with Crippen LogP contribution in [0.3, 0.4) is 0 Å². The molecule has 76 valence electrons. The molecule has 0 saturated carbocycles. The molecule has 3 heteroatoms. The summed E-state index contributed by atoms with van der Waals surface area (Å²) in [5.74, 6) is 0.126. The molecule has 0 spiro atoms. The molecule has 1 aliphatic rings. The van der Waals surface area contributed by atoms with Crippen LogP contribution in [0.4, 0.5) is 0 Å². The standard InChI is InChI=1S/C11H14O3/c1-4-5-9-10(13)6-7(2)11(9)14-8(3)12/h5H,4,6H2,1-3H3/b9-5-. The first-order chi connectivity index (χ1) is 6.56. The summed E-state index contributed by atoms with van der Waals surface area (Å²) in [6, 6.07) is 0. The predicted octanol–water partition coefficient (Wildman–Crippen LogP) is 2.13. The van der Waals surface area contributed by atoms with E-state index in [1.807, 2.05) is 13.8 Å². The third kappa shape index (κ3) is 2.10. The highest BCUT2D eigenvalue weighted by Crippen LogP contribution is 2.29. The van der Waals surface area contributed by atoms with Crippen molar-refractivity contribution in [2.45, 2.75) is 33.6 Å². The largest absolute Gasteiger partial charge is 0.426 e. The minimum absolute atomic E-state index is 0.0422. The Labute approximate surface area is 83.4 Å². The average Bonchev–Trinajstić information content (AvgIpc) is 2.31. The lowest BCUT2D eigenvalue weighted by Crippen LogP contribution is -2.03. The number of ketones is 1. The van der Waals surface area contributed by atoms with Gasteiger partial charge in [0, 0.05) is 13.3 Å². The second-order valence-electron chi connectivity index (χ2n) is 3.33. The van der Waals surface area contributed by atoms with Crippen LogP contribution in [-0.2, 0) is 14.3 Å². The molecule has 0 aliphatic heterocycles. The summed E-state index contributed by atoms with van der Waals surface area (Å²) in [4.78, 5) is 22.3. The number of carbonyl (C=O) groups excluding carboxylic acids is 2. The predicted molar refractivity (Wildman–Crippen MR) is 52.5 cm³/mol. The van der Waals surface area contributed by atoms with Crippen LogP contribution in [0.15, 0.2) is 23.0 Å². The van der Waals surface area contributed by atoms with E-state index in [0.29, 0.717) is 17.8 Å². The quantitative estimate of drug-likeness (QED) is 0.499. The van der Waals surface area contributed by atoms with Gasteiger partial charge in [-0.25, -0.2) is 0 Å². The molecule has 0 atom stereocenters. The van der Waals surface area contributed by atoms with Gasteiger partial charge in [-0.3, -0.25) is 9.59 Å². The average molecular weight is 194 g/mol. The van der Waals surface area contributed by atoms with Crippen LogP contribution in [0.25, 0.3) is 0 Å². The van der Waals surface area contributed by atoms with Gasteiger partial charge in [-0.05, 0) is 18.9 Å². The Morgan fingerprint density at radius 1 is 1.57 bits per heavy atom. The van der Waals surface area contributed by atoms with Gasteiger partial charge in [0.15, 0.2) is 5.78 Å². The molecule has 0 bridgehead atoms. The van der Waals surface area contributed by atoms with E-state index < -0.39 is 0 Å². The first-order valence-electron chi connectivity index (χ1n) is 4.68. The topological polar surface area (TPSA) is 43.4 Å². The van der Waals surface area contributed by atoms with E-state index in [2.05, 4.69) is 0 Å². The summed E-state index contributed by atoms with van der Waals surface area (Å²) in [5.41, 5.74) is 1.39. The molecule has 0 heterocycles. The summed E-state index contributed by atoms with van der Waals surface area (Å²) in [5, 5.41) is 0. The fraction of sp³-hybridized carbons (Fsp3) is 0.455. The maximum absolute atomic E-state index is 11.5. The highest BCUT2D eigenvalue weighted by atomic mass is 16.5. The third-order valence-corrected chi connectivity index (χ3v) is 2.01. The van der Waals surface area contributed by atoms with Crippen molar-refractivity contribution in [2.75, 3.05) is 0 Å². The minimum Gasteiger partial charge on any atom is -0.426 e. The zero-order valence-corrected chi connectivity index (χ0v) is 8.72. The molecule has 0 radical (unpaired) electrons. The van der Waals surface area contributed by atoms with Crippen molar-refractivity contribution in [3.63, 3.8) is 0 Å².